The highest BCUT2D eigenvalue weighted by molar-refractivity contribution is 4.82. The van der Waals surface area contributed by atoms with Gasteiger partial charge in [0.05, 0.1) is 6.07 Å². The van der Waals surface area contributed by atoms with Gasteiger partial charge in [-0.05, 0) is 37.1 Å². The lowest BCUT2D eigenvalue weighted by molar-refractivity contribution is 0.0229. The fourth-order valence-electron chi connectivity index (χ4n) is 2.33. The number of hydrogen-bond donors (Lipinski definition) is 1. The van der Waals surface area contributed by atoms with E-state index in [2.05, 4.69) is 25.2 Å². The van der Waals surface area contributed by atoms with Crippen molar-refractivity contribution < 1.29 is 4.74 Å². The number of unbranched alkanes of at least 4 members (excludes halogenated alkanes) is 1. The molecule has 0 aromatic rings. The number of ether oxygens (including phenoxy) is 1. The topological polar surface area (TPSA) is 45.0 Å². The minimum absolute atomic E-state index is 0.344. The van der Waals surface area contributed by atoms with E-state index in [1.54, 1.807) is 0 Å². The highest BCUT2D eigenvalue weighted by Crippen LogP contribution is 2.33. The normalized spacial score (nSPS) is 18.3. The van der Waals surface area contributed by atoms with Crippen LogP contribution in [0.3, 0.4) is 0 Å². The molecular weight excluding hydrogens is 200 g/mol. The Bertz CT molecular complexity index is 227. The molecule has 0 aromatic heterocycles. The number of nitrogens with one attached hydrogen (secondary N) is 1. The van der Waals surface area contributed by atoms with Gasteiger partial charge in [-0.25, -0.2) is 0 Å². The summed E-state index contributed by atoms with van der Waals surface area (Å²) >= 11 is 0. The molecule has 0 radical (unpaired) electrons. The molecule has 0 spiro atoms. The minimum atomic E-state index is 0.344. The monoisotopic (exact) mass is 224 g/mol. The molecule has 0 atom stereocenters. The quantitative estimate of drug-likeness (QED) is 0.704. The van der Waals surface area contributed by atoms with Gasteiger partial charge in [-0.2, -0.15) is 5.26 Å². The Balaban J connectivity index is 2.19. The van der Waals surface area contributed by atoms with Gasteiger partial charge in [0.2, 0.25) is 0 Å². The molecule has 0 amide bonds. The first-order valence-electron chi connectivity index (χ1n) is 6.32. The first-order valence-corrected chi connectivity index (χ1v) is 6.32. The van der Waals surface area contributed by atoms with Crippen LogP contribution in [0, 0.1) is 22.7 Å². The van der Waals surface area contributed by atoms with Gasteiger partial charge < -0.3 is 10.1 Å². The van der Waals surface area contributed by atoms with E-state index < -0.39 is 0 Å². The molecule has 0 aliphatic carbocycles. The molecule has 1 aliphatic rings. The van der Waals surface area contributed by atoms with Crippen LogP contribution in [0.1, 0.15) is 39.5 Å². The third kappa shape index (κ3) is 4.51. The SMILES string of the molecule is CC(C)(CNCCCC#N)C1CCOCC1. The third-order valence-corrected chi connectivity index (χ3v) is 3.55. The maximum absolute atomic E-state index is 8.44. The Morgan fingerprint density at radius 3 is 2.69 bits per heavy atom. The highest BCUT2D eigenvalue weighted by Gasteiger charge is 2.30. The number of rotatable bonds is 6. The fraction of sp³-hybridized carbons (Fsp3) is 0.923. The smallest absolute Gasteiger partial charge is 0.0622 e. The summed E-state index contributed by atoms with van der Waals surface area (Å²) < 4.78 is 5.40. The molecule has 1 aliphatic heterocycles. The molecule has 0 bridgehead atoms. The van der Waals surface area contributed by atoms with Crippen LogP contribution in [0.5, 0.6) is 0 Å². The van der Waals surface area contributed by atoms with E-state index in [1.807, 2.05) is 0 Å². The van der Waals surface area contributed by atoms with Crippen LogP contribution in [0.4, 0.5) is 0 Å². The summed E-state index contributed by atoms with van der Waals surface area (Å²) in [7, 11) is 0. The lowest BCUT2D eigenvalue weighted by atomic mass is 9.74. The average molecular weight is 224 g/mol. The molecule has 1 heterocycles. The van der Waals surface area contributed by atoms with Gasteiger partial charge in [0.25, 0.3) is 0 Å². The summed E-state index contributed by atoms with van der Waals surface area (Å²) in [6.45, 7) is 8.51. The molecular formula is C13H24N2O. The van der Waals surface area contributed by atoms with Crippen LogP contribution in [0.2, 0.25) is 0 Å². The predicted molar refractivity (Wildman–Crippen MR) is 65.0 cm³/mol. The van der Waals surface area contributed by atoms with E-state index in [1.165, 1.54) is 12.8 Å². The lowest BCUT2D eigenvalue weighted by Crippen LogP contribution is -2.38. The van der Waals surface area contributed by atoms with E-state index in [9.17, 15) is 0 Å². The van der Waals surface area contributed by atoms with Crippen LogP contribution < -0.4 is 5.32 Å². The Labute approximate surface area is 99.2 Å². The Morgan fingerprint density at radius 1 is 1.38 bits per heavy atom. The van der Waals surface area contributed by atoms with Crippen LogP contribution in [-0.4, -0.2) is 26.3 Å². The molecule has 3 heteroatoms. The zero-order valence-electron chi connectivity index (χ0n) is 10.6. The maximum Gasteiger partial charge on any atom is 0.0622 e. The van der Waals surface area contributed by atoms with Crippen LogP contribution in [0.25, 0.3) is 0 Å². The van der Waals surface area contributed by atoms with Crippen molar-refractivity contribution >= 4 is 0 Å². The summed E-state index contributed by atoms with van der Waals surface area (Å²) in [5.74, 6) is 0.768. The molecule has 1 rings (SSSR count). The van der Waals surface area contributed by atoms with Gasteiger partial charge in [-0.1, -0.05) is 13.8 Å². The zero-order chi connectivity index (χ0) is 11.9. The van der Waals surface area contributed by atoms with Crippen molar-refractivity contribution in [1.29, 1.82) is 5.26 Å². The Hall–Kier alpha value is -0.590. The molecule has 16 heavy (non-hydrogen) atoms. The van der Waals surface area contributed by atoms with E-state index in [0.29, 0.717) is 11.8 Å². The second kappa shape index (κ2) is 6.88. The maximum atomic E-state index is 8.44. The summed E-state index contributed by atoms with van der Waals surface area (Å²) in [4.78, 5) is 0. The van der Waals surface area contributed by atoms with E-state index >= 15 is 0 Å². The van der Waals surface area contributed by atoms with Gasteiger partial charge in [-0.3, -0.25) is 0 Å². The molecule has 3 nitrogen and oxygen atoms in total. The predicted octanol–water partition coefficient (Wildman–Crippen LogP) is 2.33. The van der Waals surface area contributed by atoms with Gasteiger partial charge in [-0.15, -0.1) is 0 Å². The highest BCUT2D eigenvalue weighted by atomic mass is 16.5. The van der Waals surface area contributed by atoms with Crippen LogP contribution >= 0.6 is 0 Å². The van der Waals surface area contributed by atoms with Gasteiger partial charge >= 0.3 is 0 Å². The molecule has 1 fully saturated rings. The summed E-state index contributed by atoms with van der Waals surface area (Å²) in [6, 6.07) is 2.17. The van der Waals surface area contributed by atoms with Gasteiger partial charge in [0, 0.05) is 26.2 Å². The molecule has 0 aromatic carbocycles. The molecule has 0 unspecified atom stereocenters. The van der Waals surface area contributed by atoms with Crippen molar-refractivity contribution in [2.45, 2.75) is 39.5 Å². The van der Waals surface area contributed by atoms with Crippen molar-refractivity contribution in [1.82, 2.24) is 5.32 Å². The third-order valence-electron chi connectivity index (χ3n) is 3.55. The van der Waals surface area contributed by atoms with E-state index in [0.717, 1.165) is 38.6 Å². The van der Waals surface area contributed by atoms with E-state index in [-0.39, 0.29) is 0 Å². The Kier molecular flexibility index (Phi) is 5.79. The summed E-state index contributed by atoms with van der Waals surface area (Å²) in [5.41, 5.74) is 0.344. The Morgan fingerprint density at radius 2 is 2.06 bits per heavy atom. The first kappa shape index (κ1) is 13.5. The lowest BCUT2D eigenvalue weighted by Gasteiger charge is -2.37. The number of hydrogen-bond acceptors (Lipinski definition) is 3. The molecule has 92 valence electrons. The standard InChI is InChI=1S/C13H24N2O/c1-13(2,11-15-8-4-3-7-14)12-5-9-16-10-6-12/h12,15H,3-6,8-11H2,1-2H3. The van der Waals surface area contributed by atoms with Crippen LogP contribution in [0.15, 0.2) is 0 Å². The summed E-state index contributed by atoms with van der Waals surface area (Å²) in [6.07, 6.45) is 3.99. The largest absolute Gasteiger partial charge is 0.381 e. The molecule has 1 N–H and O–H groups in total. The minimum Gasteiger partial charge on any atom is -0.381 e. The van der Waals surface area contributed by atoms with Gasteiger partial charge in [0.1, 0.15) is 0 Å². The number of nitrogens with zero attached hydrogens (tertiary/aromatic N) is 1. The van der Waals surface area contributed by atoms with Crippen molar-refractivity contribution in [3.8, 4) is 6.07 Å². The van der Waals surface area contributed by atoms with Crippen molar-refractivity contribution in [2.24, 2.45) is 11.3 Å². The zero-order valence-corrected chi connectivity index (χ0v) is 10.6. The second-order valence-corrected chi connectivity index (χ2v) is 5.31. The summed E-state index contributed by atoms with van der Waals surface area (Å²) in [5, 5.41) is 11.9. The van der Waals surface area contributed by atoms with E-state index in [4.69, 9.17) is 10.00 Å². The van der Waals surface area contributed by atoms with Crippen molar-refractivity contribution in [2.75, 3.05) is 26.3 Å². The molecule has 1 saturated heterocycles. The first-order chi connectivity index (χ1) is 7.67. The molecule has 0 saturated carbocycles. The van der Waals surface area contributed by atoms with Crippen molar-refractivity contribution in [3.05, 3.63) is 0 Å². The average Bonchev–Trinajstić information content (AvgIpc) is 2.30. The van der Waals surface area contributed by atoms with Gasteiger partial charge in [0.15, 0.2) is 0 Å². The van der Waals surface area contributed by atoms with Crippen LogP contribution in [-0.2, 0) is 4.74 Å². The van der Waals surface area contributed by atoms with Crippen molar-refractivity contribution in [3.63, 3.8) is 0 Å². The number of nitriles is 1. The second-order valence-electron chi connectivity index (χ2n) is 5.31. The fourth-order valence-corrected chi connectivity index (χ4v) is 2.33.